The predicted molar refractivity (Wildman–Crippen MR) is 76.0 cm³/mol. The van der Waals surface area contributed by atoms with Gasteiger partial charge in [-0.15, -0.1) is 0 Å². The zero-order valence-corrected chi connectivity index (χ0v) is 10.8. The molecule has 2 heterocycles. The summed E-state index contributed by atoms with van der Waals surface area (Å²) in [5, 5.41) is 4.43. The molecule has 3 nitrogen and oxygen atoms in total. The summed E-state index contributed by atoms with van der Waals surface area (Å²) in [5.74, 6) is 0.953. The largest absolute Gasteiger partial charge is 0.459 e. The fourth-order valence-electron chi connectivity index (χ4n) is 2.25. The van der Waals surface area contributed by atoms with Crippen molar-refractivity contribution in [1.82, 2.24) is 10.3 Å². The van der Waals surface area contributed by atoms with Crippen molar-refractivity contribution in [3.8, 4) is 0 Å². The minimum Gasteiger partial charge on any atom is -0.459 e. The van der Waals surface area contributed by atoms with Gasteiger partial charge in [-0.1, -0.05) is 24.3 Å². The molecule has 0 aliphatic rings. The number of nitrogens with zero attached hydrogens (tertiary/aromatic N) is 1. The van der Waals surface area contributed by atoms with E-state index in [2.05, 4.69) is 22.4 Å². The zero-order chi connectivity index (χ0) is 13.1. The van der Waals surface area contributed by atoms with Crippen LogP contribution < -0.4 is 5.32 Å². The van der Waals surface area contributed by atoms with Crippen LogP contribution >= 0.6 is 0 Å². The Kier molecular flexibility index (Phi) is 3.29. The van der Waals surface area contributed by atoms with Crippen molar-refractivity contribution in [3.63, 3.8) is 0 Å². The van der Waals surface area contributed by atoms with Crippen molar-refractivity contribution >= 4 is 11.0 Å². The number of hydrogen-bond donors (Lipinski definition) is 1. The zero-order valence-electron chi connectivity index (χ0n) is 10.8. The van der Waals surface area contributed by atoms with Crippen LogP contribution in [0, 0.1) is 0 Å². The lowest BCUT2D eigenvalue weighted by molar-refractivity contribution is 0.448. The monoisotopic (exact) mass is 252 g/mol. The highest BCUT2D eigenvalue weighted by molar-refractivity contribution is 5.77. The number of likely N-dealkylation sites (N-methyl/N-ethyl adjacent to an activating group) is 1. The molecule has 0 aliphatic heterocycles. The van der Waals surface area contributed by atoms with E-state index in [0.717, 1.165) is 28.8 Å². The first-order valence-corrected chi connectivity index (χ1v) is 6.42. The number of nitrogens with one attached hydrogen (secondary N) is 1. The number of para-hydroxylation sites is 1. The van der Waals surface area contributed by atoms with Crippen LogP contribution in [0.4, 0.5) is 0 Å². The Bertz CT molecular complexity index is 628. The molecule has 1 unspecified atom stereocenters. The molecule has 0 saturated carbocycles. The van der Waals surface area contributed by atoms with Crippen LogP contribution in [0.25, 0.3) is 11.0 Å². The molecular weight excluding hydrogens is 236 g/mol. The molecule has 96 valence electrons. The molecule has 19 heavy (non-hydrogen) atoms. The van der Waals surface area contributed by atoms with Crippen LogP contribution in [0.3, 0.4) is 0 Å². The highest BCUT2D eigenvalue weighted by atomic mass is 16.3. The number of pyridine rings is 1. The van der Waals surface area contributed by atoms with Crippen LogP contribution in [0.15, 0.2) is 59.1 Å². The van der Waals surface area contributed by atoms with Gasteiger partial charge in [-0.2, -0.15) is 0 Å². The molecule has 3 heteroatoms. The molecule has 3 rings (SSSR count). The van der Waals surface area contributed by atoms with Crippen molar-refractivity contribution in [2.24, 2.45) is 0 Å². The van der Waals surface area contributed by atoms with E-state index in [9.17, 15) is 0 Å². The Morgan fingerprint density at radius 3 is 2.74 bits per heavy atom. The van der Waals surface area contributed by atoms with Crippen LogP contribution in [0.5, 0.6) is 0 Å². The Labute approximate surface area is 112 Å². The molecular formula is C16H16N2O. The van der Waals surface area contributed by atoms with E-state index in [-0.39, 0.29) is 6.04 Å². The van der Waals surface area contributed by atoms with Crippen LogP contribution in [0.1, 0.15) is 17.5 Å². The fraction of sp³-hybridized carbons (Fsp3) is 0.188. The SMILES string of the molecule is CNC(Cc1ccccn1)c1cc2ccccc2o1. The van der Waals surface area contributed by atoms with E-state index in [1.807, 2.05) is 49.6 Å². The Hall–Kier alpha value is -2.13. The highest BCUT2D eigenvalue weighted by Crippen LogP contribution is 2.25. The number of benzene rings is 1. The number of hydrogen-bond acceptors (Lipinski definition) is 3. The minimum atomic E-state index is 0.141. The fourth-order valence-corrected chi connectivity index (χ4v) is 2.25. The Morgan fingerprint density at radius 2 is 2.00 bits per heavy atom. The first kappa shape index (κ1) is 11.9. The number of fused-ring (bicyclic) bond motifs is 1. The summed E-state index contributed by atoms with van der Waals surface area (Å²) in [4.78, 5) is 4.36. The van der Waals surface area contributed by atoms with Gasteiger partial charge in [-0.25, -0.2) is 0 Å². The second-order valence-corrected chi connectivity index (χ2v) is 4.55. The molecule has 0 aliphatic carbocycles. The van der Waals surface area contributed by atoms with Gasteiger partial charge in [-0.05, 0) is 31.3 Å². The van der Waals surface area contributed by atoms with Gasteiger partial charge in [0.2, 0.25) is 0 Å². The summed E-state index contributed by atoms with van der Waals surface area (Å²) in [6.45, 7) is 0. The number of furan rings is 1. The maximum absolute atomic E-state index is 5.90. The van der Waals surface area contributed by atoms with E-state index in [1.165, 1.54) is 0 Å². The van der Waals surface area contributed by atoms with E-state index in [1.54, 1.807) is 0 Å². The molecule has 0 radical (unpaired) electrons. The molecule has 0 bridgehead atoms. The van der Waals surface area contributed by atoms with Gasteiger partial charge in [0.05, 0.1) is 6.04 Å². The first-order chi connectivity index (χ1) is 9.36. The van der Waals surface area contributed by atoms with E-state index >= 15 is 0 Å². The molecule has 0 saturated heterocycles. The van der Waals surface area contributed by atoms with Crippen molar-refractivity contribution in [2.45, 2.75) is 12.5 Å². The Balaban J connectivity index is 1.89. The second-order valence-electron chi connectivity index (χ2n) is 4.55. The lowest BCUT2D eigenvalue weighted by atomic mass is 10.1. The second kappa shape index (κ2) is 5.24. The number of aromatic nitrogens is 1. The van der Waals surface area contributed by atoms with E-state index in [0.29, 0.717) is 0 Å². The van der Waals surface area contributed by atoms with Gasteiger partial charge in [0.1, 0.15) is 11.3 Å². The van der Waals surface area contributed by atoms with Crippen molar-refractivity contribution < 1.29 is 4.42 Å². The summed E-state index contributed by atoms with van der Waals surface area (Å²) >= 11 is 0. The maximum atomic E-state index is 5.90. The molecule has 0 amide bonds. The van der Waals surface area contributed by atoms with Gasteiger partial charge < -0.3 is 9.73 Å². The molecule has 3 aromatic rings. The van der Waals surface area contributed by atoms with E-state index < -0.39 is 0 Å². The van der Waals surface area contributed by atoms with Crippen molar-refractivity contribution in [2.75, 3.05) is 7.05 Å². The quantitative estimate of drug-likeness (QED) is 0.774. The lowest BCUT2D eigenvalue weighted by Crippen LogP contribution is -2.18. The molecule has 1 atom stereocenters. The molecule has 2 aromatic heterocycles. The van der Waals surface area contributed by atoms with Crippen molar-refractivity contribution in [1.29, 1.82) is 0 Å². The van der Waals surface area contributed by atoms with Crippen molar-refractivity contribution in [3.05, 3.63) is 66.2 Å². The van der Waals surface area contributed by atoms with Crippen LogP contribution in [0.2, 0.25) is 0 Å². The smallest absolute Gasteiger partial charge is 0.134 e. The summed E-state index contributed by atoms with van der Waals surface area (Å²) in [7, 11) is 1.95. The standard InChI is InChI=1S/C16H16N2O/c1-17-14(11-13-7-4-5-9-18-13)16-10-12-6-2-3-8-15(12)19-16/h2-10,14,17H,11H2,1H3. The van der Waals surface area contributed by atoms with Crippen LogP contribution in [-0.2, 0) is 6.42 Å². The lowest BCUT2D eigenvalue weighted by Gasteiger charge is -2.12. The number of rotatable bonds is 4. The van der Waals surface area contributed by atoms with Gasteiger partial charge in [0.25, 0.3) is 0 Å². The summed E-state index contributed by atoms with van der Waals surface area (Å²) < 4.78 is 5.90. The van der Waals surface area contributed by atoms with Gasteiger partial charge in [-0.3, -0.25) is 4.98 Å². The van der Waals surface area contributed by atoms with Gasteiger partial charge in [0, 0.05) is 23.7 Å². The van der Waals surface area contributed by atoms with Gasteiger partial charge in [0.15, 0.2) is 0 Å². The summed E-state index contributed by atoms with van der Waals surface area (Å²) in [5.41, 5.74) is 1.99. The Morgan fingerprint density at radius 1 is 1.16 bits per heavy atom. The molecule has 1 aromatic carbocycles. The third-order valence-electron chi connectivity index (χ3n) is 3.28. The van der Waals surface area contributed by atoms with Gasteiger partial charge >= 0.3 is 0 Å². The maximum Gasteiger partial charge on any atom is 0.134 e. The molecule has 1 N–H and O–H groups in total. The summed E-state index contributed by atoms with van der Waals surface area (Å²) in [6.07, 6.45) is 2.64. The van der Waals surface area contributed by atoms with E-state index in [4.69, 9.17) is 4.42 Å². The molecule has 0 fully saturated rings. The minimum absolute atomic E-state index is 0.141. The topological polar surface area (TPSA) is 38.1 Å². The third-order valence-corrected chi connectivity index (χ3v) is 3.28. The normalized spacial score (nSPS) is 12.7. The average molecular weight is 252 g/mol. The predicted octanol–water partition coefficient (Wildman–Crippen LogP) is 3.33. The third kappa shape index (κ3) is 2.51. The summed E-state index contributed by atoms with van der Waals surface area (Å²) in [6, 6.07) is 16.3. The first-order valence-electron chi connectivity index (χ1n) is 6.42. The average Bonchev–Trinajstić information content (AvgIpc) is 2.89. The highest BCUT2D eigenvalue weighted by Gasteiger charge is 2.15. The van der Waals surface area contributed by atoms with Crippen LogP contribution in [-0.4, -0.2) is 12.0 Å². The molecule has 0 spiro atoms.